The molecule has 1 heterocycles. The van der Waals surface area contributed by atoms with Crippen molar-refractivity contribution in [1.82, 2.24) is 10.2 Å². The van der Waals surface area contributed by atoms with E-state index in [2.05, 4.69) is 12.2 Å². The molecule has 0 spiro atoms. The van der Waals surface area contributed by atoms with Gasteiger partial charge in [-0.2, -0.15) is 0 Å². The van der Waals surface area contributed by atoms with Crippen molar-refractivity contribution in [3.8, 4) is 0 Å². The maximum atomic E-state index is 11.8. The predicted molar refractivity (Wildman–Crippen MR) is 62.0 cm³/mol. The van der Waals surface area contributed by atoms with Crippen molar-refractivity contribution >= 4 is 5.91 Å². The minimum Gasteiger partial charge on any atom is -0.393 e. The van der Waals surface area contributed by atoms with Gasteiger partial charge < -0.3 is 15.3 Å². The Bertz CT molecular complexity index is 257. The Morgan fingerprint density at radius 1 is 1.44 bits per heavy atom. The second-order valence-corrected chi connectivity index (χ2v) is 5.04. The number of likely N-dealkylation sites (tertiary alicyclic amines) is 1. The molecule has 1 saturated heterocycles. The lowest BCUT2D eigenvalue weighted by molar-refractivity contribution is -0.129. The molecule has 3 atom stereocenters. The quantitative estimate of drug-likeness (QED) is 0.674. The number of rotatable bonds is 4. The summed E-state index contributed by atoms with van der Waals surface area (Å²) in [6.07, 6.45) is 2.88. The molecule has 0 aromatic rings. The van der Waals surface area contributed by atoms with Gasteiger partial charge in [0.1, 0.15) is 0 Å². The van der Waals surface area contributed by atoms with E-state index in [9.17, 15) is 9.90 Å². The third-order valence-corrected chi connectivity index (χ3v) is 3.87. The van der Waals surface area contributed by atoms with Crippen molar-refractivity contribution in [3.05, 3.63) is 0 Å². The molecule has 4 nitrogen and oxygen atoms in total. The molecule has 1 aliphatic carbocycles. The molecule has 0 radical (unpaired) electrons. The summed E-state index contributed by atoms with van der Waals surface area (Å²) in [4.78, 5) is 13.8. The Morgan fingerprint density at radius 3 is 2.94 bits per heavy atom. The van der Waals surface area contributed by atoms with Crippen molar-refractivity contribution in [2.45, 2.75) is 32.3 Å². The summed E-state index contributed by atoms with van der Waals surface area (Å²) in [6, 6.07) is 0. The molecule has 16 heavy (non-hydrogen) atoms. The molecule has 2 aliphatic rings. The van der Waals surface area contributed by atoms with Crippen molar-refractivity contribution < 1.29 is 9.90 Å². The number of carbonyl (C=O) groups excluding carboxylic acids is 1. The number of nitrogens with zero attached hydrogens (tertiary/aromatic N) is 1. The van der Waals surface area contributed by atoms with E-state index in [-0.39, 0.29) is 12.0 Å². The van der Waals surface area contributed by atoms with Gasteiger partial charge in [-0.3, -0.25) is 4.79 Å². The summed E-state index contributed by atoms with van der Waals surface area (Å²) in [5, 5.41) is 12.9. The minimum atomic E-state index is -0.175. The molecular weight excluding hydrogens is 204 g/mol. The average molecular weight is 226 g/mol. The van der Waals surface area contributed by atoms with Gasteiger partial charge >= 0.3 is 0 Å². The van der Waals surface area contributed by atoms with Crippen LogP contribution in [0.25, 0.3) is 0 Å². The third-order valence-electron chi connectivity index (χ3n) is 3.87. The Balaban J connectivity index is 1.78. The van der Waals surface area contributed by atoms with E-state index in [0.717, 1.165) is 38.9 Å². The number of fused-ring (bicyclic) bond motifs is 1. The molecule has 0 bridgehead atoms. The van der Waals surface area contributed by atoms with Crippen molar-refractivity contribution in [2.24, 2.45) is 11.8 Å². The van der Waals surface area contributed by atoms with E-state index < -0.39 is 0 Å². The zero-order valence-electron chi connectivity index (χ0n) is 9.98. The Hall–Kier alpha value is -0.610. The summed E-state index contributed by atoms with van der Waals surface area (Å²) >= 11 is 0. The molecule has 0 aromatic heterocycles. The maximum Gasteiger partial charge on any atom is 0.236 e. The van der Waals surface area contributed by atoms with Crippen LogP contribution in [0.5, 0.6) is 0 Å². The second kappa shape index (κ2) is 5.15. The Morgan fingerprint density at radius 2 is 2.25 bits per heavy atom. The van der Waals surface area contributed by atoms with Crippen LogP contribution in [0.1, 0.15) is 26.2 Å². The van der Waals surface area contributed by atoms with Crippen LogP contribution in [0.2, 0.25) is 0 Å². The molecular formula is C12H22N2O2. The first-order valence-corrected chi connectivity index (χ1v) is 6.39. The van der Waals surface area contributed by atoms with Gasteiger partial charge in [-0.15, -0.1) is 0 Å². The highest BCUT2D eigenvalue weighted by molar-refractivity contribution is 5.78. The zero-order chi connectivity index (χ0) is 11.5. The monoisotopic (exact) mass is 226 g/mol. The van der Waals surface area contributed by atoms with Gasteiger partial charge in [0.2, 0.25) is 5.91 Å². The van der Waals surface area contributed by atoms with Gasteiger partial charge in [-0.25, -0.2) is 0 Å². The topological polar surface area (TPSA) is 52.6 Å². The van der Waals surface area contributed by atoms with Gasteiger partial charge in [0.15, 0.2) is 0 Å². The fourth-order valence-corrected chi connectivity index (χ4v) is 2.92. The molecule has 3 unspecified atom stereocenters. The van der Waals surface area contributed by atoms with Crippen LogP contribution in [0.3, 0.4) is 0 Å². The van der Waals surface area contributed by atoms with E-state index in [4.69, 9.17) is 0 Å². The first-order valence-electron chi connectivity index (χ1n) is 6.39. The average Bonchev–Trinajstić information content (AvgIpc) is 2.82. The molecule has 2 rings (SSSR count). The summed E-state index contributed by atoms with van der Waals surface area (Å²) in [6.45, 7) is 5.05. The third kappa shape index (κ3) is 2.38. The first kappa shape index (κ1) is 11.9. The number of aliphatic hydroxyl groups excluding tert-OH is 1. The molecule has 0 aromatic carbocycles. The van der Waals surface area contributed by atoms with Gasteiger partial charge in [0.25, 0.3) is 0 Å². The van der Waals surface area contributed by atoms with E-state index >= 15 is 0 Å². The maximum absolute atomic E-state index is 11.8. The molecule has 2 fully saturated rings. The van der Waals surface area contributed by atoms with Gasteiger partial charge in [0, 0.05) is 19.0 Å². The molecule has 1 aliphatic heterocycles. The van der Waals surface area contributed by atoms with E-state index in [1.807, 2.05) is 4.90 Å². The van der Waals surface area contributed by atoms with Gasteiger partial charge in [-0.1, -0.05) is 6.92 Å². The van der Waals surface area contributed by atoms with Crippen LogP contribution in [-0.4, -0.2) is 48.2 Å². The Kier molecular flexibility index (Phi) is 3.82. The van der Waals surface area contributed by atoms with Crippen LogP contribution in [0.4, 0.5) is 0 Å². The summed E-state index contributed by atoms with van der Waals surface area (Å²) in [7, 11) is 0. The lowest BCUT2D eigenvalue weighted by atomic mass is 10.00. The van der Waals surface area contributed by atoms with Gasteiger partial charge in [0.05, 0.1) is 12.6 Å². The van der Waals surface area contributed by atoms with Crippen molar-refractivity contribution in [3.63, 3.8) is 0 Å². The van der Waals surface area contributed by atoms with Crippen LogP contribution < -0.4 is 5.32 Å². The largest absolute Gasteiger partial charge is 0.393 e. The second-order valence-electron chi connectivity index (χ2n) is 5.04. The highest BCUT2D eigenvalue weighted by Gasteiger charge is 2.42. The number of carbonyl (C=O) groups is 1. The van der Waals surface area contributed by atoms with Crippen LogP contribution in [0.15, 0.2) is 0 Å². The number of nitrogens with one attached hydrogen (secondary N) is 1. The zero-order valence-corrected chi connectivity index (χ0v) is 9.98. The fraction of sp³-hybridized carbons (Fsp3) is 0.917. The first-order chi connectivity index (χ1) is 7.72. The highest BCUT2D eigenvalue weighted by Crippen LogP contribution is 2.37. The van der Waals surface area contributed by atoms with E-state index in [0.29, 0.717) is 18.4 Å². The minimum absolute atomic E-state index is 0.175. The van der Waals surface area contributed by atoms with Crippen LogP contribution >= 0.6 is 0 Å². The number of amides is 1. The smallest absolute Gasteiger partial charge is 0.236 e. The van der Waals surface area contributed by atoms with Crippen molar-refractivity contribution in [1.29, 1.82) is 0 Å². The standard InChI is InChI=1S/C12H22N2O2/c1-2-5-13-6-12(16)14-7-9-3-4-11(15)10(9)8-14/h9-11,13,15H,2-8H2,1H3. The summed E-state index contributed by atoms with van der Waals surface area (Å²) < 4.78 is 0. The molecule has 1 amide bonds. The Labute approximate surface area is 97.0 Å². The van der Waals surface area contributed by atoms with Gasteiger partial charge in [-0.05, 0) is 31.7 Å². The number of aliphatic hydroxyl groups is 1. The predicted octanol–water partition coefficient (Wildman–Crippen LogP) is 0.215. The normalized spacial score (nSPS) is 33.1. The van der Waals surface area contributed by atoms with Crippen LogP contribution in [-0.2, 0) is 4.79 Å². The summed E-state index contributed by atoms with van der Waals surface area (Å²) in [5.41, 5.74) is 0. The lowest BCUT2D eigenvalue weighted by Gasteiger charge is -2.18. The number of hydrogen-bond acceptors (Lipinski definition) is 3. The fourth-order valence-electron chi connectivity index (χ4n) is 2.92. The number of hydrogen-bond donors (Lipinski definition) is 2. The van der Waals surface area contributed by atoms with Crippen molar-refractivity contribution in [2.75, 3.05) is 26.2 Å². The lowest BCUT2D eigenvalue weighted by Crippen LogP contribution is -2.38. The molecule has 92 valence electrons. The SMILES string of the molecule is CCCNCC(=O)N1CC2CCC(O)C2C1. The molecule has 1 saturated carbocycles. The van der Waals surface area contributed by atoms with E-state index in [1.54, 1.807) is 0 Å². The molecule has 4 heteroatoms. The van der Waals surface area contributed by atoms with E-state index in [1.165, 1.54) is 0 Å². The highest BCUT2D eigenvalue weighted by atomic mass is 16.3. The molecule has 2 N–H and O–H groups in total. The summed E-state index contributed by atoms with van der Waals surface area (Å²) in [5.74, 6) is 1.08. The van der Waals surface area contributed by atoms with Crippen LogP contribution in [0, 0.1) is 11.8 Å².